The molecule has 0 heterocycles. The first-order valence-electron chi connectivity index (χ1n) is 6.83. The van der Waals surface area contributed by atoms with Gasteiger partial charge in [-0.3, -0.25) is 0 Å². The number of sulfone groups is 1. The smallest absolute Gasteiger partial charge is 0.147 e. The van der Waals surface area contributed by atoms with E-state index >= 15 is 0 Å². The highest BCUT2D eigenvalue weighted by Crippen LogP contribution is 2.28. The van der Waals surface area contributed by atoms with Gasteiger partial charge in [-0.05, 0) is 45.3 Å². The molecule has 0 unspecified atom stereocenters. The van der Waals surface area contributed by atoms with Gasteiger partial charge in [0.1, 0.15) is 9.84 Å². The second kappa shape index (κ2) is 7.37. The molecule has 102 valence electrons. The number of hydrogen-bond acceptors (Lipinski definition) is 3. The minimum absolute atomic E-state index is 0.319. The monoisotopic (exact) mass is 261 g/mol. The Morgan fingerprint density at radius 2 is 1.71 bits per heavy atom. The molecule has 0 aromatic carbocycles. The Morgan fingerprint density at radius 3 is 2.29 bits per heavy atom. The SMILES string of the molecule is CN(CCCC1CCCC1)CCCS(C)(=O)=O. The zero-order chi connectivity index (χ0) is 12.7. The van der Waals surface area contributed by atoms with Crippen LogP contribution in [0.15, 0.2) is 0 Å². The van der Waals surface area contributed by atoms with Crippen molar-refractivity contribution in [3.8, 4) is 0 Å². The van der Waals surface area contributed by atoms with E-state index in [1.807, 2.05) is 0 Å². The fraction of sp³-hybridized carbons (Fsp3) is 1.00. The molecule has 17 heavy (non-hydrogen) atoms. The van der Waals surface area contributed by atoms with Gasteiger partial charge in [-0.15, -0.1) is 0 Å². The van der Waals surface area contributed by atoms with Crippen molar-refractivity contribution in [3.05, 3.63) is 0 Å². The van der Waals surface area contributed by atoms with Crippen LogP contribution in [0.1, 0.15) is 44.9 Å². The lowest BCUT2D eigenvalue weighted by atomic mass is 10.0. The van der Waals surface area contributed by atoms with Crippen LogP contribution in [0.4, 0.5) is 0 Å². The van der Waals surface area contributed by atoms with Crippen LogP contribution in [0, 0.1) is 5.92 Å². The highest BCUT2D eigenvalue weighted by Gasteiger charge is 2.14. The molecular weight excluding hydrogens is 234 g/mol. The summed E-state index contributed by atoms with van der Waals surface area (Å²) in [5.41, 5.74) is 0. The van der Waals surface area contributed by atoms with Crippen LogP contribution < -0.4 is 0 Å². The fourth-order valence-electron chi connectivity index (χ4n) is 2.66. The maximum atomic E-state index is 11.0. The maximum absolute atomic E-state index is 11.0. The third-order valence-electron chi connectivity index (χ3n) is 3.68. The van der Waals surface area contributed by atoms with E-state index in [4.69, 9.17) is 0 Å². The van der Waals surface area contributed by atoms with Crippen LogP contribution in [0.3, 0.4) is 0 Å². The Hall–Kier alpha value is -0.0900. The van der Waals surface area contributed by atoms with Crippen LogP contribution in [0.25, 0.3) is 0 Å². The fourth-order valence-corrected chi connectivity index (χ4v) is 3.31. The van der Waals surface area contributed by atoms with Gasteiger partial charge in [-0.1, -0.05) is 25.7 Å². The Labute approximate surface area is 106 Å². The van der Waals surface area contributed by atoms with Crippen molar-refractivity contribution < 1.29 is 8.42 Å². The molecular formula is C13H27NO2S. The molecule has 3 nitrogen and oxygen atoms in total. The maximum Gasteiger partial charge on any atom is 0.147 e. The van der Waals surface area contributed by atoms with Gasteiger partial charge in [0.25, 0.3) is 0 Å². The normalized spacial score (nSPS) is 18.1. The third kappa shape index (κ3) is 7.77. The largest absolute Gasteiger partial charge is 0.306 e. The van der Waals surface area contributed by atoms with Crippen LogP contribution in [0.5, 0.6) is 0 Å². The van der Waals surface area contributed by atoms with Crippen molar-refractivity contribution in [2.45, 2.75) is 44.9 Å². The van der Waals surface area contributed by atoms with Gasteiger partial charge in [0.05, 0.1) is 5.75 Å². The average molecular weight is 261 g/mol. The second-order valence-corrected chi connectivity index (χ2v) is 7.84. The minimum Gasteiger partial charge on any atom is -0.306 e. The van der Waals surface area contributed by atoms with Crippen LogP contribution >= 0.6 is 0 Å². The van der Waals surface area contributed by atoms with Crippen molar-refractivity contribution >= 4 is 9.84 Å². The summed E-state index contributed by atoms with van der Waals surface area (Å²) < 4.78 is 22.0. The molecule has 4 heteroatoms. The summed E-state index contributed by atoms with van der Waals surface area (Å²) in [4.78, 5) is 2.26. The minimum atomic E-state index is -2.78. The predicted molar refractivity (Wildman–Crippen MR) is 73.0 cm³/mol. The van der Waals surface area contributed by atoms with E-state index in [0.29, 0.717) is 5.75 Å². The highest BCUT2D eigenvalue weighted by molar-refractivity contribution is 7.90. The van der Waals surface area contributed by atoms with Gasteiger partial charge in [0.15, 0.2) is 0 Å². The molecule has 1 aliphatic rings. The molecule has 0 N–H and O–H groups in total. The molecule has 1 aliphatic carbocycles. The number of rotatable bonds is 8. The Balaban J connectivity index is 1.98. The van der Waals surface area contributed by atoms with Crippen molar-refractivity contribution in [1.82, 2.24) is 4.90 Å². The zero-order valence-electron chi connectivity index (χ0n) is 11.3. The van der Waals surface area contributed by atoms with E-state index in [0.717, 1.165) is 25.4 Å². The van der Waals surface area contributed by atoms with Gasteiger partial charge in [-0.2, -0.15) is 0 Å². The first-order valence-corrected chi connectivity index (χ1v) is 8.90. The van der Waals surface area contributed by atoms with Crippen molar-refractivity contribution in [2.24, 2.45) is 5.92 Å². The van der Waals surface area contributed by atoms with Gasteiger partial charge in [-0.25, -0.2) is 8.42 Å². The summed E-state index contributed by atoms with van der Waals surface area (Å²) in [7, 11) is -0.686. The van der Waals surface area contributed by atoms with E-state index < -0.39 is 9.84 Å². The lowest BCUT2D eigenvalue weighted by Gasteiger charge is -2.17. The van der Waals surface area contributed by atoms with Gasteiger partial charge < -0.3 is 4.90 Å². The lowest BCUT2D eigenvalue weighted by molar-refractivity contribution is 0.313. The molecule has 0 saturated heterocycles. The molecule has 0 aromatic rings. The molecule has 0 spiro atoms. The summed E-state index contributed by atoms with van der Waals surface area (Å²) in [6.45, 7) is 2.01. The average Bonchev–Trinajstić information content (AvgIpc) is 2.68. The lowest BCUT2D eigenvalue weighted by Crippen LogP contribution is -2.23. The molecule has 1 fully saturated rings. The predicted octanol–water partition coefficient (Wildman–Crippen LogP) is 2.32. The Bertz CT molecular complexity index is 295. The van der Waals surface area contributed by atoms with E-state index in [1.54, 1.807) is 0 Å². The van der Waals surface area contributed by atoms with Gasteiger partial charge in [0, 0.05) is 6.26 Å². The molecule has 0 atom stereocenters. The summed E-state index contributed by atoms with van der Waals surface area (Å²) in [6.07, 6.45) is 10.4. The van der Waals surface area contributed by atoms with Crippen molar-refractivity contribution in [2.75, 3.05) is 32.1 Å². The summed E-state index contributed by atoms with van der Waals surface area (Å²) >= 11 is 0. The molecule has 0 bridgehead atoms. The van der Waals surface area contributed by atoms with Crippen LogP contribution in [0.2, 0.25) is 0 Å². The van der Waals surface area contributed by atoms with Crippen LogP contribution in [-0.4, -0.2) is 45.5 Å². The number of nitrogens with zero attached hydrogens (tertiary/aromatic N) is 1. The van der Waals surface area contributed by atoms with E-state index in [9.17, 15) is 8.42 Å². The highest BCUT2D eigenvalue weighted by atomic mass is 32.2. The standard InChI is InChI=1S/C13H27NO2S/c1-14(11-6-12-17(2,15)16)10-5-9-13-7-3-4-8-13/h13H,3-12H2,1-2H3. The topological polar surface area (TPSA) is 37.4 Å². The second-order valence-electron chi connectivity index (χ2n) is 5.58. The third-order valence-corrected chi connectivity index (χ3v) is 4.71. The Morgan fingerprint density at radius 1 is 1.12 bits per heavy atom. The number of hydrogen-bond donors (Lipinski definition) is 0. The van der Waals surface area contributed by atoms with Crippen molar-refractivity contribution in [3.63, 3.8) is 0 Å². The summed E-state index contributed by atoms with van der Waals surface area (Å²) in [5.74, 6) is 1.29. The van der Waals surface area contributed by atoms with Crippen LogP contribution in [-0.2, 0) is 9.84 Å². The first-order chi connectivity index (χ1) is 7.97. The summed E-state index contributed by atoms with van der Waals surface area (Å²) in [5, 5.41) is 0. The molecule has 0 aromatic heterocycles. The molecule has 0 amide bonds. The molecule has 0 radical (unpaired) electrons. The zero-order valence-corrected chi connectivity index (χ0v) is 12.1. The van der Waals surface area contributed by atoms with Gasteiger partial charge in [0.2, 0.25) is 0 Å². The van der Waals surface area contributed by atoms with E-state index in [2.05, 4.69) is 11.9 Å². The molecule has 1 saturated carbocycles. The van der Waals surface area contributed by atoms with Crippen molar-refractivity contribution in [1.29, 1.82) is 0 Å². The molecule has 1 rings (SSSR count). The summed E-state index contributed by atoms with van der Waals surface area (Å²) in [6, 6.07) is 0. The quantitative estimate of drug-likeness (QED) is 0.673. The van der Waals surface area contributed by atoms with E-state index in [-0.39, 0.29) is 0 Å². The first kappa shape index (κ1) is 15.0. The Kier molecular flexibility index (Phi) is 6.49. The molecule has 0 aliphatic heterocycles. The van der Waals surface area contributed by atoms with E-state index in [1.165, 1.54) is 44.8 Å². The van der Waals surface area contributed by atoms with Gasteiger partial charge >= 0.3 is 0 Å².